The van der Waals surface area contributed by atoms with Crippen molar-refractivity contribution in [3.8, 4) is 5.75 Å². The van der Waals surface area contributed by atoms with E-state index in [-0.39, 0.29) is 12.5 Å². The van der Waals surface area contributed by atoms with Crippen molar-refractivity contribution in [1.82, 2.24) is 20.1 Å². The molecule has 112 valence electrons. The normalized spacial score (nSPS) is 10.4. The molecule has 3 N–H and O–H groups in total. The lowest BCUT2D eigenvalue weighted by molar-refractivity contribution is -0.123. The number of rotatable bonds is 7. The van der Waals surface area contributed by atoms with Crippen LogP contribution in [-0.2, 0) is 24.8 Å². The Hall–Kier alpha value is -2.41. The Balaban J connectivity index is 1.68. The van der Waals surface area contributed by atoms with Crippen LogP contribution in [0.25, 0.3) is 0 Å². The Labute approximate surface area is 123 Å². The summed E-state index contributed by atoms with van der Waals surface area (Å²) >= 11 is 0. The Kier molecular flexibility index (Phi) is 5.28. The van der Waals surface area contributed by atoms with E-state index in [4.69, 9.17) is 10.5 Å². The third-order valence-corrected chi connectivity index (χ3v) is 3.00. The zero-order valence-corrected chi connectivity index (χ0v) is 12.0. The maximum absolute atomic E-state index is 11.7. The highest BCUT2D eigenvalue weighted by atomic mass is 16.5. The fourth-order valence-electron chi connectivity index (χ4n) is 1.77. The van der Waals surface area contributed by atoms with Crippen LogP contribution >= 0.6 is 0 Å². The quantitative estimate of drug-likeness (QED) is 0.749. The van der Waals surface area contributed by atoms with Gasteiger partial charge in [0, 0.05) is 26.6 Å². The highest BCUT2D eigenvalue weighted by Crippen LogP contribution is 2.11. The van der Waals surface area contributed by atoms with Gasteiger partial charge in [0.15, 0.2) is 6.61 Å². The number of hydrogen-bond acceptors (Lipinski definition) is 5. The van der Waals surface area contributed by atoms with Gasteiger partial charge in [-0.1, -0.05) is 12.1 Å². The summed E-state index contributed by atoms with van der Waals surface area (Å²) in [7, 11) is 1.87. The predicted octanol–water partition coefficient (Wildman–Crippen LogP) is 0.0115. The standard InChI is InChI=1S/C14H19N5O2/c1-19-10-17-18-13(19)6-7-16-14(20)9-21-12-4-2-11(8-15)3-5-12/h2-5,10H,6-9,15H2,1H3,(H,16,20). The van der Waals surface area contributed by atoms with Crippen molar-refractivity contribution < 1.29 is 9.53 Å². The number of hydrogen-bond donors (Lipinski definition) is 2. The second-order valence-electron chi connectivity index (χ2n) is 4.59. The van der Waals surface area contributed by atoms with Gasteiger partial charge >= 0.3 is 0 Å². The lowest BCUT2D eigenvalue weighted by Gasteiger charge is -2.07. The van der Waals surface area contributed by atoms with Crippen LogP contribution in [0.15, 0.2) is 30.6 Å². The number of nitrogens with one attached hydrogen (secondary N) is 1. The molecule has 0 aliphatic carbocycles. The molecule has 0 saturated heterocycles. The smallest absolute Gasteiger partial charge is 0.257 e. The fraction of sp³-hybridized carbons (Fsp3) is 0.357. The largest absolute Gasteiger partial charge is 0.484 e. The summed E-state index contributed by atoms with van der Waals surface area (Å²) in [6, 6.07) is 7.35. The Morgan fingerprint density at radius 2 is 2.14 bits per heavy atom. The van der Waals surface area contributed by atoms with E-state index in [9.17, 15) is 4.79 Å². The average Bonchev–Trinajstić information content (AvgIpc) is 2.91. The van der Waals surface area contributed by atoms with Crippen LogP contribution in [0.1, 0.15) is 11.4 Å². The lowest BCUT2D eigenvalue weighted by Crippen LogP contribution is -2.31. The fourth-order valence-corrected chi connectivity index (χ4v) is 1.77. The minimum absolute atomic E-state index is 0.0131. The predicted molar refractivity (Wildman–Crippen MR) is 77.5 cm³/mol. The molecule has 0 bridgehead atoms. The van der Waals surface area contributed by atoms with Gasteiger partial charge in [-0.3, -0.25) is 4.79 Å². The molecule has 0 aliphatic rings. The highest BCUT2D eigenvalue weighted by molar-refractivity contribution is 5.77. The molecular weight excluding hydrogens is 270 g/mol. The summed E-state index contributed by atoms with van der Waals surface area (Å²) < 4.78 is 7.21. The van der Waals surface area contributed by atoms with Crippen molar-refractivity contribution in [2.24, 2.45) is 12.8 Å². The Morgan fingerprint density at radius 1 is 1.38 bits per heavy atom. The third kappa shape index (κ3) is 4.57. The summed E-state index contributed by atoms with van der Waals surface area (Å²) in [5.74, 6) is 1.31. The van der Waals surface area contributed by atoms with Gasteiger partial charge in [-0.2, -0.15) is 0 Å². The number of ether oxygens (including phenoxy) is 1. The molecule has 1 heterocycles. The van der Waals surface area contributed by atoms with Gasteiger partial charge in [0.1, 0.15) is 17.9 Å². The number of amides is 1. The molecule has 2 rings (SSSR count). The highest BCUT2D eigenvalue weighted by Gasteiger charge is 2.04. The number of nitrogens with zero attached hydrogens (tertiary/aromatic N) is 3. The molecule has 0 atom stereocenters. The van der Waals surface area contributed by atoms with Crippen LogP contribution in [0.2, 0.25) is 0 Å². The van der Waals surface area contributed by atoms with E-state index in [1.165, 1.54) is 0 Å². The zero-order valence-electron chi connectivity index (χ0n) is 12.0. The summed E-state index contributed by atoms with van der Waals surface area (Å²) in [5.41, 5.74) is 6.54. The van der Waals surface area contributed by atoms with Crippen LogP contribution in [-0.4, -0.2) is 33.8 Å². The molecule has 2 aromatic rings. The van der Waals surface area contributed by atoms with Crippen molar-refractivity contribution >= 4 is 5.91 Å². The van der Waals surface area contributed by atoms with Crippen molar-refractivity contribution in [3.63, 3.8) is 0 Å². The Bertz CT molecular complexity index is 579. The van der Waals surface area contributed by atoms with E-state index in [1.54, 1.807) is 18.5 Å². The molecule has 7 heteroatoms. The summed E-state index contributed by atoms with van der Waals surface area (Å²) in [6.45, 7) is 0.977. The molecule has 0 saturated carbocycles. The first-order chi connectivity index (χ1) is 10.2. The average molecular weight is 289 g/mol. The van der Waals surface area contributed by atoms with Gasteiger partial charge in [-0.05, 0) is 17.7 Å². The van der Waals surface area contributed by atoms with Crippen molar-refractivity contribution in [3.05, 3.63) is 42.0 Å². The van der Waals surface area contributed by atoms with Gasteiger partial charge in [0.25, 0.3) is 5.91 Å². The first-order valence-corrected chi connectivity index (χ1v) is 6.70. The zero-order chi connectivity index (χ0) is 15.1. The van der Waals surface area contributed by atoms with Crippen LogP contribution in [0.4, 0.5) is 0 Å². The lowest BCUT2D eigenvalue weighted by atomic mass is 10.2. The first kappa shape index (κ1) is 15.0. The van der Waals surface area contributed by atoms with E-state index < -0.39 is 0 Å². The molecule has 1 aromatic carbocycles. The molecule has 0 spiro atoms. The van der Waals surface area contributed by atoms with Crippen LogP contribution in [0, 0.1) is 0 Å². The molecular formula is C14H19N5O2. The number of benzene rings is 1. The first-order valence-electron chi connectivity index (χ1n) is 6.70. The van der Waals surface area contributed by atoms with Crippen LogP contribution < -0.4 is 15.8 Å². The van der Waals surface area contributed by atoms with Gasteiger partial charge in [-0.15, -0.1) is 10.2 Å². The summed E-state index contributed by atoms with van der Waals surface area (Å²) in [6.07, 6.45) is 2.26. The van der Waals surface area contributed by atoms with Crippen molar-refractivity contribution in [2.45, 2.75) is 13.0 Å². The topological polar surface area (TPSA) is 95.1 Å². The van der Waals surface area contributed by atoms with Gasteiger partial charge < -0.3 is 20.4 Å². The number of aryl methyl sites for hydroxylation is 1. The molecule has 0 fully saturated rings. The minimum Gasteiger partial charge on any atom is -0.484 e. The van der Waals surface area contributed by atoms with Crippen LogP contribution in [0.5, 0.6) is 5.75 Å². The third-order valence-electron chi connectivity index (χ3n) is 3.00. The number of aromatic nitrogens is 3. The minimum atomic E-state index is -0.167. The van der Waals surface area contributed by atoms with E-state index >= 15 is 0 Å². The van der Waals surface area contributed by atoms with Crippen molar-refractivity contribution in [1.29, 1.82) is 0 Å². The number of nitrogens with two attached hydrogens (primary N) is 1. The second-order valence-corrected chi connectivity index (χ2v) is 4.59. The second kappa shape index (κ2) is 7.39. The summed E-state index contributed by atoms with van der Waals surface area (Å²) in [4.78, 5) is 11.7. The molecule has 1 amide bonds. The van der Waals surface area contributed by atoms with Gasteiger partial charge in [-0.25, -0.2) is 0 Å². The Morgan fingerprint density at radius 3 is 2.76 bits per heavy atom. The van der Waals surface area contributed by atoms with Gasteiger partial charge in [0.05, 0.1) is 0 Å². The monoisotopic (exact) mass is 289 g/mol. The molecule has 0 radical (unpaired) electrons. The molecule has 0 aliphatic heterocycles. The molecule has 21 heavy (non-hydrogen) atoms. The SMILES string of the molecule is Cn1cnnc1CCNC(=O)COc1ccc(CN)cc1. The van der Waals surface area contributed by atoms with E-state index in [0.717, 1.165) is 11.4 Å². The molecule has 7 nitrogen and oxygen atoms in total. The van der Waals surface area contributed by atoms with E-state index in [0.29, 0.717) is 25.3 Å². The van der Waals surface area contributed by atoms with Gasteiger partial charge in [0.2, 0.25) is 0 Å². The number of carbonyl (C=O) groups excluding carboxylic acids is 1. The van der Waals surface area contributed by atoms with Crippen LogP contribution in [0.3, 0.4) is 0 Å². The molecule has 1 aromatic heterocycles. The maximum atomic E-state index is 11.7. The summed E-state index contributed by atoms with van der Waals surface area (Å²) in [5, 5.41) is 10.5. The maximum Gasteiger partial charge on any atom is 0.257 e. The molecule has 0 unspecified atom stereocenters. The van der Waals surface area contributed by atoms with Crippen molar-refractivity contribution in [2.75, 3.05) is 13.2 Å². The number of carbonyl (C=O) groups is 1. The van der Waals surface area contributed by atoms with E-state index in [1.807, 2.05) is 23.7 Å². The van der Waals surface area contributed by atoms with E-state index in [2.05, 4.69) is 15.5 Å².